The first-order valence-electron chi connectivity index (χ1n) is 5.61. The quantitative estimate of drug-likeness (QED) is 0.798. The molecule has 0 fully saturated rings. The molecule has 0 radical (unpaired) electrons. The Hall–Kier alpha value is -1.07. The van der Waals surface area contributed by atoms with Gasteiger partial charge in [0.25, 0.3) is 0 Å². The van der Waals surface area contributed by atoms with Gasteiger partial charge in [-0.05, 0) is 30.3 Å². The standard InChI is InChI=1S/C14H12Br2FNO/c1-19-13-6-11(16)5-12(7-13)18-8-9-4-10(15)2-3-14(9)17/h2-7,18H,8H2,1H3. The van der Waals surface area contributed by atoms with Crippen molar-refractivity contribution in [3.05, 3.63) is 56.7 Å². The molecule has 0 aromatic heterocycles. The molecule has 19 heavy (non-hydrogen) atoms. The summed E-state index contributed by atoms with van der Waals surface area (Å²) in [5.41, 5.74) is 1.47. The molecule has 0 atom stereocenters. The van der Waals surface area contributed by atoms with Gasteiger partial charge in [0.2, 0.25) is 0 Å². The van der Waals surface area contributed by atoms with E-state index in [1.54, 1.807) is 19.2 Å². The highest BCUT2D eigenvalue weighted by molar-refractivity contribution is 9.10. The zero-order valence-electron chi connectivity index (χ0n) is 10.2. The van der Waals surface area contributed by atoms with Crippen LogP contribution in [0.3, 0.4) is 0 Å². The zero-order valence-corrected chi connectivity index (χ0v) is 13.4. The number of rotatable bonds is 4. The Balaban J connectivity index is 2.14. The molecule has 2 aromatic rings. The van der Waals surface area contributed by atoms with E-state index in [-0.39, 0.29) is 5.82 Å². The second-order valence-corrected chi connectivity index (χ2v) is 5.80. The Labute approximate surface area is 128 Å². The average molecular weight is 389 g/mol. The van der Waals surface area contributed by atoms with Crippen LogP contribution in [0.25, 0.3) is 0 Å². The first-order valence-corrected chi connectivity index (χ1v) is 7.19. The van der Waals surface area contributed by atoms with Gasteiger partial charge >= 0.3 is 0 Å². The summed E-state index contributed by atoms with van der Waals surface area (Å²) in [6, 6.07) is 10.5. The maximum absolute atomic E-state index is 13.6. The molecule has 0 bridgehead atoms. The summed E-state index contributed by atoms with van der Waals surface area (Å²) in [5.74, 6) is 0.518. The summed E-state index contributed by atoms with van der Waals surface area (Å²) >= 11 is 6.74. The Morgan fingerprint density at radius 3 is 2.63 bits per heavy atom. The van der Waals surface area contributed by atoms with Gasteiger partial charge in [-0.2, -0.15) is 0 Å². The van der Waals surface area contributed by atoms with E-state index >= 15 is 0 Å². The molecular formula is C14H12Br2FNO. The average Bonchev–Trinajstić information content (AvgIpc) is 2.39. The van der Waals surface area contributed by atoms with E-state index in [1.165, 1.54) is 6.07 Å². The van der Waals surface area contributed by atoms with Crippen LogP contribution in [0.1, 0.15) is 5.56 Å². The van der Waals surface area contributed by atoms with Crippen LogP contribution in [0.4, 0.5) is 10.1 Å². The van der Waals surface area contributed by atoms with Gasteiger partial charge in [0.1, 0.15) is 11.6 Å². The third-order valence-corrected chi connectivity index (χ3v) is 3.55. The highest BCUT2D eigenvalue weighted by Gasteiger charge is 2.04. The Morgan fingerprint density at radius 2 is 1.89 bits per heavy atom. The number of nitrogens with one attached hydrogen (secondary N) is 1. The van der Waals surface area contributed by atoms with Crippen molar-refractivity contribution in [2.45, 2.75) is 6.54 Å². The minimum Gasteiger partial charge on any atom is -0.497 e. The van der Waals surface area contributed by atoms with Gasteiger partial charge in [-0.15, -0.1) is 0 Å². The third-order valence-electron chi connectivity index (χ3n) is 2.60. The summed E-state index contributed by atoms with van der Waals surface area (Å²) in [6.45, 7) is 0.408. The highest BCUT2D eigenvalue weighted by atomic mass is 79.9. The zero-order chi connectivity index (χ0) is 13.8. The summed E-state index contributed by atoms with van der Waals surface area (Å²) in [7, 11) is 1.61. The van der Waals surface area contributed by atoms with Crippen LogP contribution in [0.15, 0.2) is 45.3 Å². The fraction of sp³-hybridized carbons (Fsp3) is 0.143. The van der Waals surface area contributed by atoms with Gasteiger partial charge in [-0.1, -0.05) is 31.9 Å². The lowest BCUT2D eigenvalue weighted by Crippen LogP contribution is -2.02. The number of halogens is 3. The molecule has 2 aromatic carbocycles. The van der Waals surface area contributed by atoms with Gasteiger partial charge < -0.3 is 10.1 Å². The van der Waals surface area contributed by atoms with Crippen LogP contribution in [0.2, 0.25) is 0 Å². The summed E-state index contributed by atoms with van der Waals surface area (Å²) in [5, 5.41) is 3.17. The molecule has 0 aliphatic heterocycles. The minimum absolute atomic E-state index is 0.224. The number of methoxy groups -OCH3 is 1. The van der Waals surface area contributed by atoms with E-state index in [2.05, 4.69) is 37.2 Å². The molecule has 5 heteroatoms. The van der Waals surface area contributed by atoms with Gasteiger partial charge in [0.05, 0.1) is 7.11 Å². The highest BCUT2D eigenvalue weighted by Crippen LogP contribution is 2.25. The minimum atomic E-state index is -0.224. The predicted molar refractivity (Wildman–Crippen MR) is 82.1 cm³/mol. The lowest BCUT2D eigenvalue weighted by atomic mass is 10.2. The van der Waals surface area contributed by atoms with E-state index in [4.69, 9.17) is 4.74 Å². The SMILES string of the molecule is COc1cc(Br)cc(NCc2cc(Br)ccc2F)c1. The van der Waals surface area contributed by atoms with Crippen LogP contribution < -0.4 is 10.1 Å². The molecule has 100 valence electrons. The Kier molecular flexibility index (Phi) is 4.82. The van der Waals surface area contributed by atoms with Gasteiger partial charge in [0.15, 0.2) is 0 Å². The van der Waals surface area contributed by atoms with Gasteiger partial charge in [-0.3, -0.25) is 0 Å². The van der Waals surface area contributed by atoms with Crippen molar-refractivity contribution < 1.29 is 9.13 Å². The van der Waals surface area contributed by atoms with E-state index in [0.717, 1.165) is 20.4 Å². The van der Waals surface area contributed by atoms with Crippen LogP contribution in [0.5, 0.6) is 5.75 Å². The van der Waals surface area contributed by atoms with E-state index in [0.29, 0.717) is 12.1 Å². The van der Waals surface area contributed by atoms with Crippen molar-refractivity contribution in [2.24, 2.45) is 0 Å². The predicted octanol–water partition coefficient (Wildman–Crippen LogP) is 4.97. The van der Waals surface area contributed by atoms with Crippen molar-refractivity contribution in [2.75, 3.05) is 12.4 Å². The molecule has 0 saturated carbocycles. The summed E-state index contributed by atoms with van der Waals surface area (Å²) in [4.78, 5) is 0. The number of anilines is 1. The molecule has 0 aliphatic rings. The lowest BCUT2D eigenvalue weighted by molar-refractivity contribution is 0.414. The largest absolute Gasteiger partial charge is 0.497 e. The van der Waals surface area contributed by atoms with Crippen molar-refractivity contribution in [3.8, 4) is 5.75 Å². The molecule has 0 aliphatic carbocycles. The number of hydrogen-bond donors (Lipinski definition) is 1. The monoisotopic (exact) mass is 387 g/mol. The number of hydrogen-bond acceptors (Lipinski definition) is 2. The third kappa shape index (κ3) is 3.94. The number of benzene rings is 2. The fourth-order valence-corrected chi connectivity index (χ4v) is 2.54. The molecule has 0 spiro atoms. The van der Waals surface area contributed by atoms with E-state index < -0.39 is 0 Å². The maximum atomic E-state index is 13.6. The van der Waals surface area contributed by atoms with Crippen LogP contribution in [-0.2, 0) is 6.54 Å². The van der Waals surface area contributed by atoms with Crippen LogP contribution >= 0.6 is 31.9 Å². The normalized spacial score (nSPS) is 10.3. The topological polar surface area (TPSA) is 21.3 Å². The van der Waals surface area contributed by atoms with Crippen LogP contribution in [0, 0.1) is 5.82 Å². The lowest BCUT2D eigenvalue weighted by Gasteiger charge is -2.10. The summed E-state index contributed by atoms with van der Waals surface area (Å²) < 4.78 is 20.5. The molecular weight excluding hydrogens is 377 g/mol. The van der Waals surface area contributed by atoms with Crippen molar-refractivity contribution in [3.63, 3.8) is 0 Å². The second kappa shape index (κ2) is 6.39. The van der Waals surface area contributed by atoms with Crippen molar-refractivity contribution in [1.29, 1.82) is 0 Å². The molecule has 2 rings (SSSR count). The number of ether oxygens (including phenoxy) is 1. The molecule has 0 amide bonds. The molecule has 0 saturated heterocycles. The fourth-order valence-electron chi connectivity index (χ4n) is 1.66. The van der Waals surface area contributed by atoms with Gasteiger partial charge in [-0.25, -0.2) is 4.39 Å². The summed E-state index contributed by atoms with van der Waals surface area (Å²) in [6.07, 6.45) is 0. The first-order chi connectivity index (χ1) is 9.08. The second-order valence-electron chi connectivity index (χ2n) is 3.97. The molecule has 0 unspecified atom stereocenters. The van der Waals surface area contributed by atoms with Crippen molar-refractivity contribution in [1.82, 2.24) is 0 Å². The van der Waals surface area contributed by atoms with Crippen molar-refractivity contribution >= 4 is 37.5 Å². The smallest absolute Gasteiger partial charge is 0.128 e. The molecule has 0 heterocycles. The van der Waals surface area contributed by atoms with Crippen LogP contribution in [-0.4, -0.2) is 7.11 Å². The molecule has 2 nitrogen and oxygen atoms in total. The van der Waals surface area contributed by atoms with E-state index in [1.807, 2.05) is 18.2 Å². The molecule has 1 N–H and O–H groups in total. The van der Waals surface area contributed by atoms with Gasteiger partial charge in [0, 0.05) is 32.8 Å². The van der Waals surface area contributed by atoms with E-state index in [9.17, 15) is 4.39 Å². The first kappa shape index (κ1) is 14.3. The Bertz CT molecular complexity index is 590. The maximum Gasteiger partial charge on any atom is 0.128 e. The Morgan fingerprint density at radius 1 is 1.11 bits per heavy atom.